The maximum Gasteiger partial charge on any atom is 0.222 e. The molecule has 2 aromatic rings. The first-order chi connectivity index (χ1) is 10.6. The van der Waals surface area contributed by atoms with E-state index in [1.54, 1.807) is 7.11 Å². The van der Waals surface area contributed by atoms with Gasteiger partial charge in [-0.05, 0) is 30.2 Å². The van der Waals surface area contributed by atoms with Crippen LogP contribution in [0.5, 0.6) is 5.75 Å². The van der Waals surface area contributed by atoms with Crippen molar-refractivity contribution in [2.45, 2.75) is 25.4 Å². The fraction of sp³-hybridized carbons (Fsp3) is 0.278. The van der Waals surface area contributed by atoms with Crippen LogP contribution in [0.2, 0.25) is 0 Å². The Morgan fingerprint density at radius 1 is 1.09 bits per heavy atom. The fourth-order valence-corrected chi connectivity index (χ4v) is 2.29. The van der Waals surface area contributed by atoms with Crippen LogP contribution >= 0.6 is 0 Å². The molecule has 0 aliphatic rings. The number of carbonyl (C=O) groups excluding carboxylic acids is 1. The van der Waals surface area contributed by atoms with Crippen molar-refractivity contribution < 1.29 is 9.53 Å². The highest BCUT2D eigenvalue weighted by Gasteiger charge is 2.14. The van der Waals surface area contributed by atoms with Crippen molar-refractivity contribution >= 4 is 5.91 Å². The minimum absolute atomic E-state index is 0.0559. The summed E-state index contributed by atoms with van der Waals surface area (Å²) in [5.41, 5.74) is 8.07. The van der Waals surface area contributed by atoms with E-state index >= 15 is 0 Å². The van der Waals surface area contributed by atoms with Crippen LogP contribution in [-0.2, 0) is 4.79 Å². The van der Waals surface area contributed by atoms with Gasteiger partial charge < -0.3 is 15.8 Å². The molecule has 4 nitrogen and oxygen atoms in total. The Hall–Kier alpha value is -2.33. The molecule has 0 aliphatic heterocycles. The molecular weight excluding hydrogens is 276 g/mol. The van der Waals surface area contributed by atoms with Gasteiger partial charge in [-0.25, -0.2) is 0 Å². The molecule has 0 spiro atoms. The number of nitrogens with two attached hydrogens (primary N) is 1. The monoisotopic (exact) mass is 298 g/mol. The van der Waals surface area contributed by atoms with Crippen molar-refractivity contribution in [2.75, 3.05) is 7.11 Å². The van der Waals surface area contributed by atoms with Gasteiger partial charge in [-0.3, -0.25) is 4.79 Å². The molecular formula is C18H22N2O2. The van der Waals surface area contributed by atoms with Gasteiger partial charge in [0.05, 0.1) is 13.2 Å². The third kappa shape index (κ3) is 4.33. The van der Waals surface area contributed by atoms with Crippen LogP contribution in [0.1, 0.15) is 36.6 Å². The van der Waals surface area contributed by atoms with E-state index in [2.05, 4.69) is 5.32 Å². The largest absolute Gasteiger partial charge is 0.497 e. The van der Waals surface area contributed by atoms with Crippen LogP contribution in [0.3, 0.4) is 0 Å². The maximum absolute atomic E-state index is 12.1. The van der Waals surface area contributed by atoms with E-state index in [0.717, 1.165) is 16.9 Å². The number of hydrogen-bond donors (Lipinski definition) is 2. The van der Waals surface area contributed by atoms with Crippen molar-refractivity contribution in [2.24, 2.45) is 5.73 Å². The van der Waals surface area contributed by atoms with Gasteiger partial charge in [-0.1, -0.05) is 42.5 Å². The van der Waals surface area contributed by atoms with Gasteiger partial charge in [-0.15, -0.1) is 0 Å². The molecule has 2 rings (SSSR count). The predicted molar refractivity (Wildman–Crippen MR) is 87.5 cm³/mol. The van der Waals surface area contributed by atoms with Crippen molar-refractivity contribution in [1.82, 2.24) is 5.32 Å². The van der Waals surface area contributed by atoms with Gasteiger partial charge in [0, 0.05) is 12.5 Å². The first-order valence-electron chi connectivity index (χ1n) is 7.34. The number of carbonyl (C=O) groups is 1. The molecule has 0 saturated carbocycles. The van der Waals surface area contributed by atoms with E-state index in [1.165, 1.54) is 0 Å². The van der Waals surface area contributed by atoms with Crippen molar-refractivity contribution in [3.63, 3.8) is 0 Å². The molecule has 0 saturated heterocycles. The molecule has 3 N–H and O–H groups in total. The Morgan fingerprint density at radius 2 is 1.73 bits per heavy atom. The Kier molecular flexibility index (Phi) is 5.55. The lowest BCUT2D eigenvalue weighted by Gasteiger charge is -2.17. The molecule has 0 bridgehead atoms. The zero-order valence-corrected chi connectivity index (χ0v) is 13.0. The molecule has 22 heavy (non-hydrogen) atoms. The van der Waals surface area contributed by atoms with Gasteiger partial charge in [0.1, 0.15) is 5.75 Å². The summed E-state index contributed by atoms with van der Waals surface area (Å²) < 4.78 is 5.13. The van der Waals surface area contributed by atoms with Gasteiger partial charge in [0.25, 0.3) is 0 Å². The average molecular weight is 298 g/mol. The Bertz CT molecular complexity index is 596. The summed E-state index contributed by atoms with van der Waals surface area (Å²) in [6.07, 6.45) is 0.268. The summed E-state index contributed by atoms with van der Waals surface area (Å²) in [4.78, 5) is 12.1. The van der Waals surface area contributed by atoms with Crippen molar-refractivity contribution in [1.29, 1.82) is 0 Å². The highest BCUT2D eigenvalue weighted by Crippen LogP contribution is 2.18. The second-order valence-electron chi connectivity index (χ2n) is 5.28. The molecule has 0 heterocycles. The molecule has 0 radical (unpaired) electrons. The Balaban J connectivity index is 1.90. The third-order valence-electron chi connectivity index (χ3n) is 3.63. The van der Waals surface area contributed by atoms with E-state index in [9.17, 15) is 4.79 Å². The number of hydrogen-bond acceptors (Lipinski definition) is 3. The van der Waals surface area contributed by atoms with Gasteiger partial charge in [0.15, 0.2) is 0 Å². The molecule has 1 amide bonds. The molecule has 4 heteroatoms. The number of ether oxygens (including phenoxy) is 1. The first-order valence-corrected chi connectivity index (χ1v) is 7.34. The summed E-state index contributed by atoms with van der Waals surface area (Å²) in [6.45, 7) is 1.95. The van der Waals surface area contributed by atoms with Crippen molar-refractivity contribution in [3.05, 3.63) is 65.7 Å². The highest BCUT2D eigenvalue weighted by molar-refractivity contribution is 5.77. The third-order valence-corrected chi connectivity index (χ3v) is 3.63. The van der Waals surface area contributed by atoms with Gasteiger partial charge >= 0.3 is 0 Å². The summed E-state index contributed by atoms with van der Waals surface area (Å²) in [6, 6.07) is 17.0. The van der Waals surface area contributed by atoms with Crippen LogP contribution < -0.4 is 15.8 Å². The Morgan fingerprint density at radius 3 is 2.32 bits per heavy atom. The van der Waals surface area contributed by atoms with E-state index in [4.69, 9.17) is 10.5 Å². The van der Waals surface area contributed by atoms with E-state index < -0.39 is 0 Å². The summed E-state index contributed by atoms with van der Waals surface area (Å²) in [5, 5.41) is 2.97. The van der Waals surface area contributed by atoms with Crippen molar-refractivity contribution in [3.8, 4) is 5.75 Å². The second kappa shape index (κ2) is 7.61. The molecule has 2 unspecified atom stereocenters. The zero-order chi connectivity index (χ0) is 15.9. The number of rotatable bonds is 6. The van der Waals surface area contributed by atoms with Crippen LogP contribution in [0.15, 0.2) is 54.6 Å². The number of benzene rings is 2. The lowest BCUT2D eigenvalue weighted by molar-refractivity contribution is -0.122. The topological polar surface area (TPSA) is 64.3 Å². The second-order valence-corrected chi connectivity index (χ2v) is 5.28. The van der Waals surface area contributed by atoms with E-state index in [-0.39, 0.29) is 24.4 Å². The standard InChI is InChI=1S/C18H22N2O2/c1-13(14-8-10-16(22-2)11-9-14)20-18(21)12-17(19)15-6-4-3-5-7-15/h3-11,13,17H,12,19H2,1-2H3,(H,20,21). The zero-order valence-electron chi connectivity index (χ0n) is 13.0. The highest BCUT2D eigenvalue weighted by atomic mass is 16.5. The van der Waals surface area contributed by atoms with Crippen LogP contribution in [0, 0.1) is 0 Å². The summed E-state index contributed by atoms with van der Waals surface area (Å²) in [5.74, 6) is 0.744. The minimum Gasteiger partial charge on any atom is -0.497 e. The molecule has 0 aromatic heterocycles. The maximum atomic E-state index is 12.1. The minimum atomic E-state index is -0.288. The number of amides is 1. The molecule has 2 aromatic carbocycles. The average Bonchev–Trinajstić information content (AvgIpc) is 2.55. The number of methoxy groups -OCH3 is 1. The smallest absolute Gasteiger partial charge is 0.222 e. The summed E-state index contributed by atoms with van der Waals surface area (Å²) >= 11 is 0. The molecule has 2 atom stereocenters. The fourth-order valence-electron chi connectivity index (χ4n) is 2.29. The van der Waals surface area contributed by atoms with E-state index in [0.29, 0.717) is 0 Å². The normalized spacial score (nSPS) is 13.2. The summed E-state index contributed by atoms with van der Waals surface area (Å²) in [7, 11) is 1.63. The van der Waals surface area contributed by atoms with Crippen LogP contribution in [-0.4, -0.2) is 13.0 Å². The lowest BCUT2D eigenvalue weighted by atomic mass is 10.0. The van der Waals surface area contributed by atoms with Gasteiger partial charge in [0.2, 0.25) is 5.91 Å². The van der Waals surface area contributed by atoms with Crippen LogP contribution in [0.25, 0.3) is 0 Å². The SMILES string of the molecule is COc1ccc(C(C)NC(=O)CC(N)c2ccccc2)cc1. The van der Waals surface area contributed by atoms with Crippen LogP contribution in [0.4, 0.5) is 0 Å². The molecule has 0 aliphatic carbocycles. The Labute approximate surface area is 131 Å². The molecule has 116 valence electrons. The van der Waals surface area contributed by atoms with E-state index in [1.807, 2.05) is 61.5 Å². The molecule has 0 fully saturated rings. The first kappa shape index (κ1) is 16.0. The van der Waals surface area contributed by atoms with Gasteiger partial charge in [-0.2, -0.15) is 0 Å². The number of nitrogens with one attached hydrogen (secondary N) is 1. The lowest BCUT2D eigenvalue weighted by Crippen LogP contribution is -2.29. The predicted octanol–water partition coefficient (Wildman–Crippen LogP) is 2.96. The quantitative estimate of drug-likeness (QED) is 0.861.